The molecule has 0 fully saturated rings. The Kier molecular flexibility index (Phi) is 4.35. The summed E-state index contributed by atoms with van der Waals surface area (Å²) in [4.78, 5) is 10.9. The van der Waals surface area contributed by atoms with Crippen LogP contribution in [-0.2, 0) is 11.2 Å². The van der Waals surface area contributed by atoms with Crippen molar-refractivity contribution in [3.05, 3.63) is 29.3 Å². The molecule has 0 heterocycles. The van der Waals surface area contributed by atoms with Crippen LogP contribution in [-0.4, -0.2) is 16.2 Å². The van der Waals surface area contributed by atoms with Crippen LogP contribution in [0.2, 0.25) is 0 Å². The number of rotatable bonds is 5. The van der Waals surface area contributed by atoms with E-state index in [4.69, 9.17) is 5.11 Å². The van der Waals surface area contributed by atoms with E-state index >= 15 is 0 Å². The molecule has 1 unspecified atom stereocenters. The Morgan fingerprint density at radius 2 is 2.12 bits per heavy atom. The van der Waals surface area contributed by atoms with Gasteiger partial charge in [-0.15, -0.1) is 0 Å². The van der Waals surface area contributed by atoms with Crippen LogP contribution >= 0.6 is 0 Å². The van der Waals surface area contributed by atoms with Gasteiger partial charge in [0.05, 0.1) is 5.92 Å². The first-order valence-corrected chi connectivity index (χ1v) is 5.60. The van der Waals surface area contributed by atoms with E-state index in [2.05, 4.69) is 6.92 Å². The molecule has 0 spiro atoms. The molecule has 2 N–H and O–H groups in total. The van der Waals surface area contributed by atoms with Crippen molar-refractivity contribution in [3.8, 4) is 5.75 Å². The minimum atomic E-state index is -0.830. The van der Waals surface area contributed by atoms with E-state index in [1.54, 1.807) is 25.1 Å². The SMILES string of the molecule is CCCCc1cc(O)ccc1C(C)C(=O)O. The largest absolute Gasteiger partial charge is 0.508 e. The van der Waals surface area contributed by atoms with Gasteiger partial charge in [0.2, 0.25) is 0 Å². The van der Waals surface area contributed by atoms with Crippen molar-refractivity contribution in [1.82, 2.24) is 0 Å². The van der Waals surface area contributed by atoms with Crippen molar-refractivity contribution in [2.75, 3.05) is 0 Å². The molecule has 1 aromatic rings. The summed E-state index contributed by atoms with van der Waals surface area (Å²) in [6.07, 6.45) is 2.87. The molecule has 0 amide bonds. The van der Waals surface area contributed by atoms with Crippen LogP contribution in [0.3, 0.4) is 0 Å². The Bertz CT molecular complexity index is 371. The molecule has 0 saturated carbocycles. The van der Waals surface area contributed by atoms with Gasteiger partial charge in [-0.1, -0.05) is 19.4 Å². The van der Waals surface area contributed by atoms with Crippen molar-refractivity contribution in [3.63, 3.8) is 0 Å². The Labute approximate surface area is 95.7 Å². The number of unbranched alkanes of at least 4 members (excludes halogenated alkanes) is 1. The van der Waals surface area contributed by atoms with Crippen molar-refractivity contribution >= 4 is 5.97 Å². The van der Waals surface area contributed by atoms with E-state index in [9.17, 15) is 9.90 Å². The average molecular weight is 222 g/mol. The highest BCUT2D eigenvalue weighted by atomic mass is 16.4. The molecule has 1 rings (SSSR count). The van der Waals surface area contributed by atoms with Gasteiger partial charge in [0.25, 0.3) is 0 Å². The maximum Gasteiger partial charge on any atom is 0.310 e. The highest BCUT2D eigenvalue weighted by Gasteiger charge is 2.17. The zero-order chi connectivity index (χ0) is 12.1. The van der Waals surface area contributed by atoms with Gasteiger partial charge in [-0.05, 0) is 43.0 Å². The molecule has 3 heteroatoms. The smallest absolute Gasteiger partial charge is 0.310 e. The maximum absolute atomic E-state index is 10.9. The average Bonchev–Trinajstić information content (AvgIpc) is 2.25. The standard InChI is InChI=1S/C13H18O3/c1-3-4-5-10-8-11(14)6-7-12(10)9(2)13(15)16/h6-9,14H,3-5H2,1-2H3,(H,15,16). The summed E-state index contributed by atoms with van der Waals surface area (Å²) in [5.74, 6) is -1.15. The van der Waals surface area contributed by atoms with Crippen molar-refractivity contribution in [2.45, 2.75) is 39.0 Å². The molecular formula is C13H18O3. The fraction of sp³-hybridized carbons (Fsp3) is 0.462. The molecule has 0 aliphatic rings. The minimum absolute atomic E-state index is 0.201. The third kappa shape index (κ3) is 2.99. The lowest BCUT2D eigenvalue weighted by atomic mass is 9.93. The number of aliphatic carboxylic acids is 1. The number of hydrogen-bond acceptors (Lipinski definition) is 2. The van der Waals surface area contributed by atoms with Gasteiger partial charge >= 0.3 is 5.97 Å². The van der Waals surface area contributed by atoms with E-state index in [1.807, 2.05) is 0 Å². The zero-order valence-electron chi connectivity index (χ0n) is 9.73. The van der Waals surface area contributed by atoms with Crippen LogP contribution < -0.4 is 0 Å². The normalized spacial score (nSPS) is 12.4. The van der Waals surface area contributed by atoms with Gasteiger partial charge < -0.3 is 10.2 Å². The second-order valence-electron chi connectivity index (χ2n) is 4.05. The van der Waals surface area contributed by atoms with E-state index in [-0.39, 0.29) is 5.75 Å². The third-order valence-electron chi connectivity index (χ3n) is 2.76. The first-order valence-electron chi connectivity index (χ1n) is 5.60. The van der Waals surface area contributed by atoms with Crippen molar-refractivity contribution in [2.24, 2.45) is 0 Å². The summed E-state index contributed by atoms with van der Waals surface area (Å²) in [5, 5.41) is 18.4. The summed E-state index contributed by atoms with van der Waals surface area (Å²) < 4.78 is 0. The van der Waals surface area contributed by atoms with Gasteiger partial charge in [-0.3, -0.25) is 4.79 Å². The lowest BCUT2D eigenvalue weighted by molar-refractivity contribution is -0.138. The molecule has 1 atom stereocenters. The maximum atomic E-state index is 10.9. The van der Waals surface area contributed by atoms with E-state index in [0.717, 1.165) is 30.4 Å². The molecule has 16 heavy (non-hydrogen) atoms. The van der Waals surface area contributed by atoms with Gasteiger partial charge in [0.1, 0.15) is 5.75 Å². The Morgan fingerprint density at radius 3 is 2.69 bits per heavy atom. The van der Waals surface area contributed by atoms with Crippen LogP contribution in [0.25, 0.3) is 0 Å². The van der Waals surface area contributed by atoms with Crippen LogP contribution in [0.15, 0.2) is 18.2 Å². The van der Waals surface area contributed by atoms with Gasteiger partial charge in [0.15, 0.2) is 0 Å². The molecule has 1 aromatic carbocycles. The van der Waals surface area contributed by atoms with Crippen LogP contribution in [0.4, 0.5) is 0 Å². The number of phenols is 1. The topological polar surface area (TPSA) is 57.5 Å². The van der Waals surface area contributed by atoms with Gasteiger partial charge in [0, 0.05) is 0 Å². The summed E-state index contributed by atoms with van der Waals surface area (Å²) in [7, 11) is 0. The predicted octanol–water partition coefficient (Wildman–Crippen LogP) is 2.92. The number of phenolic OH excluding ortho intramolecular Hbond substituents is 1. The summed E-state index contributed by atoms with van der Waals surface area (Å²) >= 11 is 0. The van der Waals surface area contributed by atoms with Crippen molar-refractivity contribution < 1.29 is 15.0 Å². The molecule has 0 aliphatic carbocycles. The van der Waals surface area contributed by atoms with E-state index < -0.39 is 11.9 Å². The number of carbonyl (C=O) groups is 1. The first-order chi connectivity index (χ1) is 7.56. The predicted molar refractivity (Wildman–Crippen MR) is 62.8 cm³/mol. The van der Waals surface area contributed by atoms with Crippen LogP contribution in [0.5, 0.6) is 5.75 Å². The molecule has 0 aromatic heterocycles. The van der Waals surface area contributed by atoms with Gasteiger partial charge in [-0.2, -0.15) is 0 Å². The highest BCUT2D eigenvalue weighted by Crippen LogP contribution is 2.25. The molecule has 0 aliphatic heterocycles. The quantitative estimate of drug-likeness (QED) is 0.805. The van der Waals surface area contributed by atoms with Gasteiger partial charge in [-0.25, -0.2) is 0 Å². The molecule has 0 bridgehead atoms. The number of carboxylic acids is 1. The number of carboxylic acid groups (broad SMARTS) is 1. The lowest BCUT2D eigenvalue weighted by Crippen LogP contribution is -2.10. The molecule has 88 valence electrons. The van der Waals surface area contributed by atoms with E-state index in [0.29, 0.717) is 0 Å². The fourth-order valence-electron chi connectivity index (χ4n) is 1.73. The number of aryl methyl sites for hydroxylation is 1. The summed E-state index contributed by atoms with van der Waals surface area (Å²) in [6, 6.07) is 4.92. The highest BCUT2D eigenvalue weighted by molar-refractivity contribution is 5.76. The van der Waals surface area contributed by atoms with E-state index in [1.165, 1.54) is 0 Å². The number of aromatic hydroxyl groups is 1. The first kappa shape index (κ1) is 12.6. The third-order valence-corrected chi connectivity index (χ3v) is 2.76. The minimum Gasteiger partial charge on any atom is -0.508 e. The monoisotopic (exact) mass is 222 g/mol. The molecule has 0 radical (unpaired) electrons. The summed E-state index contributed by atoms with van der Waals surface area (Å²) in [6.45, 7) is 3.76. The Hall–Kier alpha value is -1.51. The Balaban J connectivity index is 3.01. The Morgan fingerprint density at radius 1 is 1.44 bits per heavy atom. The molecule has 0 saturated heterocycles. The fourth-order valence-corrected chi connectivity index (χ4v) is 1.73. The molecule has 3 nitrogen and oxygen atoms in total. The summed E-state index contributed by atoms with van der Waals surface area (Å²) in [5.41, 5.74) is 1.75. The second-order valence-corrected chi connectivity index (χ2v) is 4.05. The number of hydrogen-bond donors (Lipinski definition) is 2. The zero-order valence-corrected chi connectivity index (χ0v) is 9.73. The second kappa shape index (κ2) is 5.54. The molecular weight excluding hydrogens is 204 g/mol. The van der Waals surface area contributed by atoms with Crippen LogP contribution in [0.1, 0.15) is 43.7 Å². The van der Waals surface area contributed by atoms with Crippen LogP contribution in [0, 0.1) is 0 Å². The van der Waals surface area contributed by atoms with Crippen molar-refractivity contribution in [1.29, 1.82) is 0 Å². The lowest BCUT2D eigenvalue weighted by Gasteiger charge is -2.13. The number of benzene rings is 1.